The van der Waals surface area contributed by atoms with Gasteiger partial charge in [0.25, 0.3) is 5.91 Å². The number of hydrogen-bond donors (Lipinski definition) is 1. The highest BCUT2D eigenvalue weighted by molar-refractivity contribution is 8.18. The van der Waals surface area contributed by atoms with Gasteiger partial charge in [-0.25, -0.2) is 9.78 Å². The molecule has 2 aromatic rings. The number of aliphatic imine (C=N–C) groups is 1. The van der Waals surface area contributed by atoms with Crippen LogP contribution in [0.15, 0.2) is 34.2 Å². The number of rotatable bonds is 5. The van der Waals surface area contributed by atoms with Crippen LogP contribution in [-0.2, 0) is 9.53 Å². The molecule has 0 unspecified atom stereocenters. The van der Waals surface area contributed by atoms with Gasteiger partial charge in [-0.1, -0.05) is 23.5 Å². The van der Waals surface area contributed by atoms with Crippen LogP contribution >= 0.6 is 23.1 Å². The van der Waals surface area contributed by atoms with Crippen molar-refractivity contribution in [3.05, 3.63) is 45.3 Å². The van der Waals surface area contributed by atoms with E-state index in [1.165, 1.54) is 11.8 Å². The Kier molecular flexibility index (Phi) is 5.92. The molecule has 0 bridgehead atoms. The molecule has 1 saturated heterocycles. The molecule has 1 amide bonds. The second-order valence-electron chi connectivity index (χ2n) is 5.39. The molecule has 1 aliphatic rings. The van der Waals surface area contributed by atoms with E-state index in [9.17, 15) is 9.59 Å². The molecule has 9 heteroatoms. The number of benzene rings is 1. The van der Waals surface area contributed by atoms with E-state index in [-0.39, 0.29) is 5.91 Å². The maximum atomic E-state index is 12.2. The number of amides is 1. The Bertz CT molecular complexity index is 950. The first-order chi connectivity index (χ1) is 13.0. The van der Waals surface area contributed by atoms with Crippen LogP contribution in [0, 0.1) is 6.92 Å². The van der Waals surface area contributed by atoms with Crippen molar-refractivity contribution in [2.75, 3.05) is 13.7 Å². The Morgan fingerprint density at radius 3 is 2.96 bits per heavy atom. The molecule has 0 saturated carbocycles. The number of thiazole rings is 1. The van der Waals surface area contributed by atoms with Crippen LogP contribution in [0.25, 0.3) is 6.08 Å². The Morgan fingerprint density at radius 1 is 1.41 bits per heavy atom. The van der Waals surface area contributed by atoms with Gasteiger partial charge in [0.05, 0.1) is 24.3 Å². The Hall–Kier alpha value is -2.65. The minimum atomic E-state index is -0.416. The topological polar surface area (TPSA) is 89.9 Å². The molecule has 7 nitrogen and oxygen atoms in total. The van der Waals surface area contributed by atoms with Crippen LogP contribution in [0.4, 0.5) is 5.13 Å². The van der Waals surface area contributed by atoms with Crippen molar-refractivity contribution in [3.63, 3.8) is 0 Å². The zero-order chi connectivity index (χ0) is 19.4. The van der Waals surface area contributed by atoms with Gasteiger partial charge in [-0.3, -0.25) is 4.79 Å². The predicted molar refractivity (Wildman–Crippen MR) is 107 cm³/mol. The number of methoxy groups -OCH3 is 1. The third-order valence-corrected chi connectivity index (χ3v) is 5.43. The number of nitrogens with one attached hydrogen (secondary N) is 1. The summed E-state index contributed by atoms with van der Waals surface area (Å²) in [6, 6.07) is 7.41. The molecule has 1 aromatic carbocycles. The van der Waals surface area contributed by atoms with Crippen molar-refractivity contribution in [1.82, 2.24) is 10.3 Å². The van der Waals surface area contributed by atoms with Gasteiger partial charge >= 0.3 is 5.97 Å². The third kappa shape index (κ3) is 4.55. The number of aromatic nitrogens is 1. The summed E-state index contributed by atoms with van der Waals surface area (Å²) in [5, 5.41) is 3.51. The van der Waals surface area contributed by atoms with Crippen molar-refractivity contribution >= 4 is 51.4 Å². The second kappa shape index (κ2) is 8.36. The van der Waals surface area contributed by atoms with Crippen LogP contribution in [0.5, 0.6) is 5.75 Å². The molecule has 3 rings (SSSR count). The molecule has 1 aliphatic heterocycles. The van der Waals surface area contributed by atoms with E-state index in [0.29, 0.717) is 38.1 Å². The SMILES string of the molecule is CCOC(=O)c1sc(N=C2NC(=O)/C(=C/c3cccc(OC)c3)S2)nc1C. The van der Waals surface area contributed by atoms with Gasteiger partial charge in [0.1, 0.15) is 10.6 Å². The van der Waals surface area contributed by atoms with Crippen LogP contribution in [0.3, 0.4) is 0 Å². The second-order valence-corrected chi connectivity index (χ2v) is 7.40. The zero-order valence-corrected chi connectivity index (χ0v) is 16.6. The molecule has 1 N–H and O–H groups in total. The van der Waals surface area contributed by atoms with Gasteiger partial charge in [0, 0.05) is 0 Å². The van der Waals surface area contributed by atoms with Crippen LogP contribution < -0.4 is 10.1 Å². The van der Waals surface area contributed by atoms with E-state index in [2.05, 4.69) is 15.3 Å². The van der Waals surface area contributed by atoms with Gasteiger partial charge in [0.15, 0.2) is 5.17 Å². The fraction of sp³-hybridized carbons (Fsp3) is 0.222. The zero-order valence-electron chi connectivity index (χ0n) is 14.9. The van der Waals surface area contributed by atoms with E-state index < -0.39 is 5.97 Å². The fourth-order valence-corrected chi connectivity index (χ4v) is 3.98. The standard InChI is InChI=1S/C18H17N3O4S2/c1-4-25-16(23)14-10(2)19-17(27-14)21-18-20-15(22)13(26-18)9-11-6-5-7-12(8-11)24-3/h5-9H,4H2,1-3H3,(H,19,20,21,22)/b13-9-. The Morgan fingerprint density at radius 2 is 2.22 bits per heavy atom. The minimum Gasteiger partial charge on any atom is -0.497 e. The number of hydrogen-bond acceptors (Lipinski definition) is 8. The number of carbonyl (C=O) groups excluding carboxylic acids is 2. The van der Waals surface area contributed by atoms with Crippen molar-refractivity contribution in [2.24, 2.45) is 4.99 Å². The average Bonchev–Trinajstić information content (AvgIpc) is 3.17. The van der Waals surface area contributed by atoms with Crippen molar-refractivity contribution in [1.29, 1.82) is 0 Å². The van der Waals surface area contributed by atoms with Gasteiger partial charge < -0.3 is 14.8 Å². The quantitative estimate of drug-likeness (QED) is 0.607. The summed E-state index contributed by atoms with van der Waals surface area (Å²) in [6.45, 7) is 3.77. The predicted octanol–water partition coefficient (Wildman–Crippen LogP) is 3.53. The number of nitrogens with zero attached hydrogens (tertiary/aromatic N) is 2. The molecule has 1 fully saturated rings. The van der Waals surface area contributed by atoms with E-state index in [4.69, 9.17) is 9.47 Å². The maximum Gasteiger partial charge on any atom is 0.350 e. The summed E-state index contributed by atoms with van der Waals surface area (Å²) >= 11 is 2.35. The molecule has 27 heavy (non-hydrogen) atoms. The Balaban J connectivity index is 1.80. The van der Waals surface area contributed by atoms with Gasteiger partial charge in [0.2, 0.25) is 5.13 Å². The maximum absolute atomic E-state index is 12.2. The third-order valence-electron chi connectivity index (χ3n) is 3.49. The van der Waals surface area contributed by atoms with E-state index in [1.54, 1.807) is 27.0 Å². The molecule has 0 aliphatic carbocycles. The lowest BCUT2D eigenvalue weighted by atomic mass is 10.2. The highest BCUT2D eigenvalue weighted by Crippen LogP contribution is 2.31. The highest BCUT2D eigenvalue weighted by atomic mass is 32.2. The summed E-state index contributed by atoms with van der Waals surface area (Å²) in [5.74, 6) is 0.0625. The molecule has 2 heterocycles. The summed E-state index contributed by atoms with van der Waals surface area (Å²) < 4.78 is 10.2. The number of amidine groups is 1. The summed E-state index contributed by atoms with van der Waals surface area (Å²) in [5.41, 5.74) is 1.40. The summed E-state index contributed by atoms with van der Waals surface area (Å²) in [6.07, 6.45) is 1.77. The Labute approximate surface area is 164 Å². The van der Waals surface area contributed by atoms with Crippen molar-refractivity contribution in [3.8, 4) is 5.75 Å². The van der Waals surface area contributed by atoms with Gasteiger partial charge in [-0.2, -0.15) is 4.99 Å². The first kappa shape index (κ1) is 19.1. The average molecular weight is 403 g/mol. The van der Waals surface area contributed by atoms with Crippen molar-refractivity contribution in [2.45, 2.75) is 13.8 Å². The highest BCUT2D eigenvalue weighted by Gasteiger charge is 2.25. The van der Waals surface area contributed by atoms with Gasteiger partial charge in [-0.15, -0.1) is 0 Å². The number of esters is 1. The first-order valence-electron chi connectivity index (χ1n) is 8.08. The smallest absolute Gasteiger partial charge is 0.350 e. The lowest BCUT2D eigenvalue weighted by Gasteiger charge is -2.00. The van der Waals surface area contributed by atoms with E-state index in [1.807, 2.05) is 24.3 Å². The molecular formula is C18H17N3O4S2. The molecule has 0 spiro atoms. The van der Waals surface area contributed by atoms with Crippen LogP contribution in [0.1, 0.15) is 27.9 Å². The summed E-state index contributed by atoms with van der Waals surface area (Å²) in [7, 11) is 1.59. The number of ether oxygens (including phenoxy) is 2. The normalized spacial score (nSPS) is 16.6. The van der Waals surface area contributed by atoms with E-state index >= 15 is 0 Å². The fourth-order valence-electron chi connectivity index (χ4n) is 2.27. The molecular weight excluding hydrogens is 386 g/mol. The summed E-state index contributed by atoms with van der Waals surface area (Å²) in [4.78, 5) is 33.6. The number of thioether (sulfide) groups is 1. The van der Waals surface area contributed by atoms with Crippen LogP contribution in [-0.4, -0.2) is 35.7 Å². The van der Waals surface area contributed by atoms with Gasteiger partial charge in [-0.05, 0) is 49.4 Å². The largest absolute Gasteiger partial charge is 0.497 e. The lowest BCUT2D eigenvalue weighted by Crippen LogP contribution is -2.19. The molecule has 140 valence electrons. The molecule has 1 aromatic heterocycles. The van der Waals surface area contributed by atoms with Crippen LogP contribution in [0.2, 0.25) is 0 Å². The minimum absolute atomic E-state index is 0.236. The number of aryl methyl sites for hydroxylation is 1. The van der Waals surface area contributed by atoms with Crippen molar-refractivity contribution < 1.29 is 19.1 Å². The lowest BCUT2D eigenvalue weighted by molar-refractivity contribution is -0.115. The number of carbonyl (C=O) groups is 2. The molecule has 0 atom stereocenters. The van der Waals surface area contributed by atoms with E-state index in [0.717, 1.165) is 16.9 Å². The monoisotopic (exact) mass is 403 g/mol. The first-order valence-corrected chi connectivity index (χ1v) is 9.71. The molecule has 0 radical (unpaired) electrons.